The van der Waals surface area contributed by atoms with Gasteiger partial charge in [0.25, 0.3) is 0 Å². The zero-order valence-corrected chi connectivity index (χ0v) is 13.9. The third-order valence-corrected chi connectivity index (χ3v) is 5.44. The predicted molar refractivity (Wildman–Crippen MR) is 87.2 cm³/mol. The van der Waals surface area contributed by atoms with Crippen molar-refractivity contribution in [1.82, 2.24) is 15.1 Å². The molecule has 118 valence electrons. The SMILES string of the molecule is CCCNC(CC)C(C)N1CCN(C2CCCC2)CC1. The van der Waals surface area contributed by atoms with E-state index in [2.05, 4.69) is 35.9 Å². The van der Waals surface area contributed by atoms with Gasteiger partial charge in [-0.2, -0.15) is 0 Å². The lowest BCUT2D eigenvalue weighted by molar-refractivity contribution is 0.0625. The van der Waals surface area contributed by atoms with Crippen molar-refractivity contribution in [2.45, 2.75) is 77.4 Å². The van der Waals surface area contributed by atoms with Crippen molar-refractivity contribution in [1.29, 1.82) is 0 Å². The minimum Gasteiger partial charge on any atom is -0.312 e. The molecule has 0 bridgehead atoms. The summed E-state index contributed by atoms with van der Waals surface area (Å²) in [7, 11) is 0. The fraction of sp³-hybridized carbons (Fsp3) is 1.00. The van der Waals surface area contributed by atoms with Gasteiger partial charge in [0, 0.05) is 44.3 Å². The van der Waals surface area contributed by atoms with Crippen LogP contribution in [0.5, 0.6) is 0 Å². The first-order valence-corrected chi connectivity index (χ1v) is 8.97. The van der Waals surface area contributed by atoms with Crippen molar-refractivity contribution in [3.05, 3.63) is 0 Å². The first kappa shape index (κ1) is 16.3. The second-order valence-corrected chi connectivity index (χ2v) is 6.72. The van der Waals surface area contributed by atoms with Crippen molar-refractivity contribution < 1.29 is 0 Å². The summed E-state index contributed by atoms with van der Waals surface area (Å²) in [6.45, 7) is 13.3. The molecule has 2 fully saturated rings. The highest BCUT2D eigenvalue weighted by molar-refractivity contribution is 4.87. The lowest BCUT2D eigenvalue weighted by atomic mass is 10.0. The maximum atomic E-state index is 3.73. The molecule has 3 heteroatoms. The Hall–Kier alpha value is -0.120. The van der Waals surface area contributed by atoms with Crippen LogP contribution in [0.2, 0.25) is 0 Å². The van der Waals surface area contributed by atoms with Gasteiger partial charge in [0.05, 0.1) is 0 Å². The van der Waals surface area contributed by atoms with Crippen molar-refractivity contribution in [2.24, 2.45) is 0 Å². The summed E-state index contributed by atoms with van der Waals surface area (Å²) in [5.74, 6) is 0. The molecule has 0 radical (unpaired) electrons. The lowest BCUT2D eigenvalue weighted by Crippen LogP contribution is -2.56. The van der Waals surface area contributed by atoms with Gasteiger partial charge in [0.1, 0.15) is 0 Å². The molecule has 0 aromatic rings. The largest absolute Gasteiger partial charge is 0.312 e. The second kappa shape index (κ2) is 8.35. The average molecular weight is 281 g/mol. The molecule has 1 saturated heterocycles. The molecule has 0 amide bonds. The van der Waals surface area contributed by atoms with Crippen LogP contribution in [0.4, 0.5) is 0 Å². The first-order chi connectivity index (χ1) is 9.76. The molecule has 0 aromatic heterocycles. The van der Waals surface area contributed by atoms with Crippen molar-refractivity contribution >= 4 is 0 Å². The number of hydrogen-bond donors (Lipinski definition) is 1. The molecule has 0 aromatic carbocycles. The van der Waals surface area contributed by atoms with Crippen LogP contribution in [0.15, 0.2) is 0 Å². The molecule has 2 atom stereocenters. The third-order valence-electron chi connectivity index (χ3n) is 5.44. The van der Waals surface area contributed by atoms with E-state index in [1.54, 1.807) is 0 Å². The zero-order chi connectivity index (χ0) is 14.4. The molecular weight excluding hydrogens is 246 g/mol. The van der Waals surface area contributed by atoms with E-state index in [1.165, 1.54) is 64.7 Å². The quantitative estimate of drug-likeness (QED) is 0.774. The van der Waals surface area contributed by atoms with Crippen LogP contribution >= 0.6 is 0 Å². The number of nitrogens with zero attached hydrogens (tertiary/aromatic N) is 2. The summed E-state index contributed by atoms with van der Waals surface area (Å²) in [5, 5.41) is 3.73. The Balaban J connectivity index is 1.76. The normalized spacial score (nSPS) is 25.9. The van der Waals surface area contributed by atoms with Gasteiger partial charge >= 0.3 is 0 Å². The van der Waals surface area contributed by atoms with E-state index in [4.69, 9.17) is 0 Å². The number of rotatable bonds is 7. The van der Waals surface area contributed by atoms with Crippen LogP contribution < -0.4 is 5.32 Å². The molecule has 2 aliphatic rings. The number of piperazine rings is 1. The summed E-state index contributed by atoms with van der Waals surface area (Å²) >= 11 is 0. The minimum atomic E-state index is 0.660. The monoisotopic (exact) mass is 281 g/mol. The molecule has 20 heavy (non-hydrogen) atoms. The fourth-order valence-corrected chi connectivity index (χ4v) is 4.02. The smallest absolute Gasteiger partial charge is 0.0222 e. The maximum absolute atomic E-state index is 3.73. The molecule has 1 aliphatic carbocycles. The summed E-state index contributed by atoms with van der Waals surface area (Å²) in [6.07, 6.45) is 8.29. The Morgan fingerprint density at radius 3 is 2.25 bits per heavy atom. The summed E-state index contributed by atoms with van der Waals surface area (Å²) in [5.41, 5.74) is 0. The van der Waals surface area contributed by atoms with E-state index in [0.717, 1.165) is 12.6 Å². The Morgan fingerprint density at radius 2 is 1.70 bits per heavy atom. The number of nitrogens with one attached hydrogen (secondary N) is 1. The topological polar surface area (TPSA) is 18.5 Å². The predicted octanol–water partition coefficient (Wildman–Crippen LogP) is 2.71. The Bertz CT molecular complexity index is 255. The van der Waals surface area contributed by atoms with Crippen LogP contribution in [0.3, 0.4) is 0 Å². The average Bonchev–Trinajstić information content (AvgIpc) is 3.02. The summed E-state index contributed by atoms with van der Waals surface area (Å²) < 4.78 is 0. The molecule has 1 saturated carbocycles. The lowest BCUT2D eigenvalue weighted by Gasteiger charge is -2.42. The van der Waals surface area contributed by atoms with Gasteiger partial charge in [-0.15, -0.1) is 0 Å². The molecular formula is C17H35N3. The molecule has 3 nitrogen and oxygen atoms in total. The van der Waals surface area contributed by atoms with Gasteiger partial charge in [-0.25, -0.2) is 0 Å². The van der Waals surface area contributed by atoms with Gasteiger partial charge in [-0.05, 0) is 39.2 Å². The Labute approximate surface area is 126 Å². The standard InChI is InChI=1S/C17H35N3/c1-4-10-18-17(5-2)15(3)19-11-13-20(14-12-19)16-8-6-7-9-16/h15-18H,4-14H2,1-3H3. The van der Waals surface area contributed by atoms with Gasteiger partial charge in [0.2, 0.25) is 0 Å². The first-order valence-electron chi connectivity index (χ1n) is 8.97. The van der Waals surface area contributed by atoms with Gasteiger partial charge in [-0.3, -0.25) is 9.80 Å². The highest BCUT2D eigenvalue weighted by Crippen LogP contribution is 2.24. The van der Waals surface area contributed by atoms with E-state index < -0.39 is 0 Å². The second-order valence-electron chi connectivity index (χ2n) is 6.72. The molecule has 1 aliphatic heterocycles. The number of hydrogen-bond acceptors (Lipinski definition) is 3. The van der Waals surface area contributed by atoms with Gasteiger partial charge in [-0.1, -0.05) is 26.7 Å². The summed E-state index contributed by atoms with van der Waals surface area (Å²) in [6, 6.07) is 2.25. The third kappa shape index (κ3) is 4.19. The van der Waals surface area contributed by atoms with Gasteiger partial charge in [0.15, 0.2) is 0 Å². The molecule has 1 N–H and O–H groups in total. The summed E-state index contributed by atoms with van der Waals surface area (Å²) in [4.78, 5) is 5.47. The van der Waals surface area contributed by atoms with E-state index in [9.17, 15) is 0 Å². The van der Waals surface area contributed by atoms with E-state index in [0.29, 0.717) is 12.1 Å². The van der Waals surface area contributed by atoms with Crippen molar-refractivity contribution in [3.63, 3.8) is 0 Å². The van der Waals surface area contributed by atoms with E-state index in [-0.39, 0.29) is 0 Å². The van der Waals surface area contributed by atoms with Crippen LogP contribution in [-0.2, 0) is 0 Å². The molecule has 1 heterocycles. The van der Waals surface area contributed by atoms with Crippen LogP contribution in [0, 0.1) is 0 Å². The van der Waals surface area contributed by atoms with Crippen LogP contribution in [0.1, 0.15) is 59.3 Å². The fourth-order valence-electron chi connectivity index (χ4n) is 4.02. The maximum Gasteiger partial charge on any atom is 0.0222 e. The van der Waals surface area contributed by atoms with Crippen molar-refractivity contribution in [2.75, 3.05) is 32.7 Å². The Kier molecular flexibility index (Phi) is 6.79. The molecule has 2 rings (SSSR count). The van der Waals surface area contributed by atoms with E-state index >= 15 is 0 Å². The minimum absolute atomic E-state index is 0.660. The molecule has 0 spiro atoms. The Morgan fingerprint density at radius 1 is 1.05 bits per heavy atom. The van der Waals surface area contributed by atoms with E-state index in [1.807, 2.05) is 0 Å². The van der Waals surface area contributed by atoms with Crippen molar-refractivity contribution in [3.8, 4) is 0 Å². The van der Waals surface area contributed by atoms with Crippen LogP contribution in [-0.4, -0.2) is 60.6 Å². The highest BCUT2D eigenvalue weighted by atomic mass is 15.3. The highest BCUT2D eigenvalue weighted by Gasteiger charge is 2.29. The van der Waals surface area contributed by atoms with Gasteiger partial charge < -0.3 is 5.32 Å². The molecule has 2 unspecified atom stereocenters. The zero-order valence-electron chi connectivity index (χ0n) is 13.9. The van der Waals surface area contributed by atoms with Crippen LogP contribution in [0.25, 0.3) is 0 Å².